The van der Waals surface area contributed by atoms with Crippen molar-refractivity contribution >= 4 is 37.9 Å². The second-order valence-electron chi connectivity index (χ2n) is 6.93. The topological polar surface area (TPSA) is 107 Å². The lowest BCUT2D eigenvalue weighted by molar-refractivity contribution is -0.110. The van der Waals surface area contributed by atoms with Gasteiger partial charge in [0.05, 0.1) is 16.2 Å². The van der Waals surface area contributed by atoms with Gasteiger partial charge >= 0.3 is 0 Å². The van der Waals surface area contributed by atoms with Crippen molar-refractivity contribution in [3.8, 4) is 0 Å². The molecular formula is C19H21N3O5S2. The van der Waals surface area contributed by atoms with Crippen molar-refractivity contribution in [1.29, 1.82) is 0 Å². The van der Waals surface area contributed by atoms with Crippen LogP contribution in [0.1, 0.15) is 31.2 Å². The van der Waals surface area contributed by atoms with E-state index in [2.05, 4.69) is 15.5 Å². The summed E-state index contributed by atoms with van der Waals surface area (Å²) in [6, 6.07) is 6.17. The molecular weight excluding hydrogens is 414 g/mol. The average Bonchev–Trinajstić information content (AvgIpc) is 3.23. The van der Waals surface area contributed by atoms with Gasteiger partial charge in [0.25, 0.3) is 5.91 Å². The molecule has 10 heteroatoms. The Hall–Kier alpha value is -2.30. The van der Waals surface area contributed by atoms with Gasteiger partial charge in [-0.3, -0.25) is 10.1 Å². The second-order valence-corrected chi connectivity index (χ2v) is 10.1. The minimum absolute atomic E-state index is 0.0342. The summed E-state index contributed by atoms with van der Waals surface area (Å²) in [5.74, 6) is -0.481. The molecule has 0 radical (unpaired) electrons. The number of hydrogen-bond acceptors (Lipinski definition) is 8. The molecule has 2 heterocycles. The number of nitrogens with one attached hydrogen (secondary N) is 1. The van der Waals surface area contributed by atoms with E-state index in [1.165, 1.54) is 23.5 Å². The Morgan fingerprint density at radius 3 is 2.69 bits per heavy atom. The summed E-state index contributed by atoms with van der Waals surface area (Å²) in [6.07, 6.45) is 4.82. The summed E-state index contributed by atoms with van der Waals surface area (Å²) in [7, 11) is -3.29. The first-order chi connectivity index (χ1) is 14.0. The summed E-state index contributed by atoms with van der Waals surface area (Å²) >= 11 is 1.29. The van der Waals surface area contributed by atoms with Crippen LogP contribution in [0.5, 0.6) is 0 Å². The van der Waals surface area contributed by atoms with E-state index in [0.717, 1.165) is 12.8 Å². The van der Waals surface area contributed by atoms with Crippen LogP contribution in [0, 0.1) is 0 Å². The predicted octanol–water partition coefficient (Wildman–Crippen LogP) is 2.62. The molecule has 1 aliphatic carbocycles. The first kappa shape index (κ1) is 20.0. The Kier molecular flexibility index (Phi) is 5.93. The number of nitrogens with zero attached hydrogens (tertiary/aromatic N) is 2. The third kappa shape index (κ3) is 4.82. The number of anilines is 1. The van der Waals surface area contributed by atoms with Gasteiger partial charge in [0.15, 0.2) is 20.7 Å². The van der Waals surface area contributed by atoms with Gasteiger partial charge in [-0.15, -0.1) is 11.3 Å². The molecule has 1 unspecified atom stereocenters. The van der Waals surface area contributed by atoms with Gasteiger partial charge in [0, 0.05) is 23.7 Å². The number of carbonyl (C=O) groups is 1. The Bertz CT molecular complexity index is 977. The summed E-state index contributed by atoms with van der Waals surface area (Å²) < 4.78 is 30.3. The molecule has 2 aromatic rings. The number of rotatable bonds is 8. The highest BCUT2D eigenvalue weighted by molar-refractivity contribution is 7.92. The van der Waals surface area contributed by atoms with Gasteiger partial charge < -0.3 is 9.57 Å². The fourth-order valence-corrected chi connectivity index (χ4v) is 5.18. The highest BCUT2D eigenvalue weighted by Crippen LogP contribution is 2.33. The molecule has 4 rings (SSSR count). The zero-order valence-corrected chi connectivity index (χ0v) is 17.2. The number of oxime groups is 1. The fraction of sp³-hybridized carbons (Fsp3) is 0.421. The van der Waals surface area contributed by atoms with E-state index in [1.54, 1.807) is 23.7 Å². The smallest absolute Gasteiger partial charge is 0.280 e. The van der Waals surface area contributed by atoms with E-state index >= 15 is 0 Å². The van der Waals surface area contributed by atoms with Crippen molar-refractivity contribution in [2.75, 3.05) is 18.5 Å². The third-order valence-electron chi connectivity index (χ3n) is 4.73. The number of hydrogen-bond donors (Lipinski definition) is 1. The predicted molar refractivity (Wildman–Crippen MR) is 109 cm³/mol. The molecule has 1 aromatic carbocycles. The molecule has 29 heavy (non-hydrogen) atoms. The number of benzene rings is 1. The summed E-state index contributed by atoms with van der Waals surface area (Å²) in [6.45, 7) is 0.953. The molecule has 1 atom stereocenters. The lowest BCUT2D eigenvalue weighted by Crippen LogP contribution is -2.25. The van der Waals surface area contributed by atoms with Gasteiger partial charge in [-0.25, -0.2) is 13.4 Å². The van der Waals surface area contributed by atoms with Crippen molar-refractivity contribution in [3.63, 3.8) is 0 Å². The van der Waals surface area contributed by atoms with E-state index in [-0.39, 0.29) is 28.6 Å². The second kappa shape index (κ2) is 8.60. The standard InChI is InChI=1S/C19H21N3O5S2/c23-18(21-19-20-9-11-28-19)17(22-27-12-14-2-1-10-26-14)13-3-5-15(6-4-13)29(24,25)16-7-8-16/h3-6,9,11,14,16H,1-2,7-8,10,12H2,(H,20,21,23)/b22-17+. The number of ether oxygens (including phenoxy) is 1. The van der Waals surface area contributed by atoms with Crippen LogP contribution in [0.25, 0.3) is 0 Å². The molecule has 1 N–H and O–H groups in total. The summed E-state index contributed by atoms with van der Waals surface area (Å²) in [4.78, 5) is 22.4. The van der Waals surface area contributed by atoms with Crippen molar-refractivity contribution in [1.82, 2.24) is 4.98 Å². The molecule has 8 nitrogen and oxygen atoms in total. The first-order valence-corrected chi connectivity index (χ1v) is 11.8. The fourth-order valence-electron chi connectivity index (χ4n) is 3.00. The minimum atomic E-state index is -3.29. The number of aromatic nitrogens is 1. The van der Waals surface area contributed by atoms with Gasteiger partial charge in [-0.1, -0.05) is 17.3 Å². The van der Waals surface area contributed by atoms with E-state index in [9.17, 15) is 13.2 Å². The molecule has 1 saturated heterocycles. The average molecular weight is 436 g/mol. The first-order valence-electron chi connectivity index (χ1n) is 9.41. The van der Waals surface area contributed by atoms with Crippen LogP contribution < -0.4 is 5.32 Å². The zero-order valence-electron chi connectivity index (χ0n) is 15.6. The van der Waals surface area contributed by atoms with Gasteiger partial charge in [-0.2, -0.15) is 0 Å². The van der Waals surface area contributed by atoms with Crippen LogP contribution in [0.15, 0.2) is 45.9 Å². The molecule has 0 spiro atoms. The van der Waals surface area contributed by atoms with E-state index in [0.29, 0.717) is 30.1 Å². The normalized spacial score (nSPS) is 19.9. The Morgan fingerprint density at radius 2 is 2.07 bits per heavy atom. The highest BCUT2D eigenvalue weighted by atomic mass is 32.2. The molecule has 154 valence electrons. The number of sulfone groups is 1. The zero-order chi connectivity index (χ0) is 20.3. The largest absolute Gasteiger partial charge is 0.392 e. The molecule has 2 fully saturated rings. The van der Waals surface area contributed by atoms with Gasteiger partial charge in [0.2, 0.25) is 0 Å². The Balaban J connectivity index is 1.53. The van der Waals surface area contributed by atoms with Crippen LogP contribution in [-0.4, -0.2) is 49.6 Å². The van der Waals surface area contributed by atoms with E-state index < -0.39 is 15.7 Å². The Morgan fingerprint density at radius 1 is 1.28 bits per heavy atom. The van der Waals surface area contributed by atoms with Crippen LogP contribution >= 0.6 is 11.3 Å². The van der Waals surface area contributed by atoms with Crippen LogP contribution in [0.3, 0.4) is 0 Å². The summed E-state index contributed by atoms with van der Waals surface area (Å²) in [5.41, 5.74) is 0.509. The number of thiazole rings is 1. The maximum absolute atomic E-state index is 12.7. The third-order valence-corrected chi connectivity index (χ3v) is 7.69. The van der Waals surface area contributed by atoms with Crippen LogP contribution in [0.2, 0.25) is 0 Å². The molecule has 0 bridgehead atoms. The molecule has 1 aliphatic heterocycles. The maximum Gasteiger partial charge on any atom is 0.280 e. The van der Waals surface area contributed by atoms with E-state index in [1.807, 2.05) is 0 Å². The monoisotopic (exact) mass is 435 g/mol. The molecule has 1 aromatic heterocycles. The van der Waals surface area contributed by atoms with Crippen molar-refractivity contribution in [3.05, 3.63) is 41.4 Å². The van der Waals surface area contributed by atoms with Gasteiger partial charge in [0.1, 0.15) is 6.61 Å². The molecule has 2 aliphatic rings. The van der Waals surface area contributed by atoms with E-state index in [4.69, 9.17) is 9.57 Å². The number of carbonyl (C=O) groups excluding carboxylic acids is 1. The SMILES string of the molecule is O=C(Nc1nccs1)/C(=N/OCC1CCCO1)c1ccc(S(=O)(=O)C2CC2)cc1. The Labute approximate surface area is 172 Å². The maximum atomic E-state index is 12.7. The quantitative estimate of drug-likeness (QED) is 0.505. The highest BCUT2D eigenvalue weighted by Gasteiger charge is 2.36. The summed E-state index contributed by atoms with van der Waals surface area (Å²) in [5, 5.41) is 8.61. The van der Waals surface area contributed by atoms with Crippen molar-refractivity contribution in [2.45, 2.75) is 41.9 Å². The van der Waals surface area contributed by atoms with Crippen molar-refractivity contribution < 1.29 is 22.8 Å². The van der Waals surface area contributed by atoms with Crippen LogP contribution in [-0.2, 0) is 24.2 Å². The lowest BCUT2D eigenvalue weighted by atomic mass is 10.1. The molecule has 1 saturated carbocycles. The minimum Gasteiger partial charge on any atom is -0.392 e. The lowest BCUT2D eigenvalue weighted by Gasteiger charge is -2.10. The van der Waals surface area contributed by atoms with Crippen LogP contribution in [0.4, 0.5) is 5.13 Å². The van der Waals surface area contributed by atoms with Gasteiger partial charge in [-0.05, 0) is 37.8 Å². The van der Waals surface area contributed by atoms with Crippen molar-refractivity contribution in [2.24, 2.45) is 5.16 Å². The molecule has 1 amide bonds. The number of amides is 1.